The van der Waals surface area contributed by atoms with Crippen LogP contribution in [0.2, 0.25) is 0 Å². The molecule has 0 bridgehead atoms. The van der Waals surface area contributed by atoms with E-state index in [-0.39, 0.29) is 23.3 Å². The molecule has 0 saturated carbocycles. The van der Waals surface area contributed by atoms with Gasteiger partial charge in [0.05, 0.1) is 6.61 Å². The Kier molecular flexibility index (Phi) is 6.25. The molecule has 2 rings (SSSR count). The van der Waals surface area contributed by atoms with E-state index in [2.05, 4.69) is 0 Å². The lowest BCUT2D eigenvalue weighted by Crippen LogP contribution is -2.31. The molecule has 136 valence electrons. The zero-order chi connectivity index (χ0) is 17.9. The Morgan fingerprint density at radius 3 is 2.54 bits per heavy atom. The summed E-state index contributed by atoms with van der Waals surface area (Å²) in [5.41, 5.74) is 0.875. The highest BCUT2D eigenvalue weighted by molar-refractivity contribution is 7.89. The second-order valence-electron chi connectivity index (χ2n) is 6.67. The summed E-state index contributed by atoms with van der Waals surface area (Å²) in [6.07, 6.45) is 0. The minimum atomic E-state index is -3.65. The number of ether oxygens (including phenoxy) is 1. The summed E-state index contributed by atoms with van der Waals surface area (Å²) in [6, 6.07) is 5.22. The molecule has 1 aliphatic heterocycles. The van der Waals surface area contributed by atoms with Gasteiger partial charge in [-0.2, -0.15) is 4.31 Å². The van der Waals surface area contributed by atoms with Crippen LogP contribution < -0.4 is 4.74 Å². The Morgan fingerprint density at radius 1 is 1.29 bits per heavy atom. The molecule has 0 spiro atoms. The molecule has 0 unspecified atom stereocenters. The molecule has 1 saturated heterocycles. The van der Waals surface area contributed by atoms with Gasteiger partial charge in [-0.3, -0.25) is 0 Å². The number of aliphatic hydroxyl groups is 1. The molecule has 1 aliphatic rings. The fraction of sp³-hybridized carbons (Fsp3) is 0.647. The maximum atomic E-state index is 13.1. The van der Waals surface area contributed by atoms with Crippen LogP contribution >= 0.6 is 0 Å². The van der Waals surface area contributed by atoms with Crippen molar-refractivity contribution in [3.8, 4) is 5.75 Å². The topological polar surface area (TPSA) is 70.1 Å². The van der Waals surface area contributed by atoms with E-state index in [0.29, 0.717) is 25.4 Å². The van der Waals surface area contributed by atoms with E-state index < -0.39 is 10.0 Å². The molecular weight excluding hydrogens is 328 g/mol. The van der Waals surface area contributed by atoms with Gasteiger partial charge < -0.3 is 14.7 Å². The maximum Gasteiger partial charge on any atom is 0.246 e. The number of aliphatic hydroxyl groups excluding tert-OH is 1. The third kappa shape index (κ3) is 4.08. The van der Waals surface area contributed by atoms with Crippen LogP contribution in [-0.4, -0.2) is 69.7 Å². The summed E-state index contributed by atoms with van der Waals surface area (Å²) >= 11 is 0. The summed E-state index contributed by atoms with van der Waals surface area (Å²) in [5, 5.41) is 9.62. The van der Waals surface area contributed by atoms with Crippen LogP contribution in [0.1, 0.15) is 12.5 Å². The van der Waals surface area contributed by atoms with Crippen LogP contribution in [0.4, 0.5) is 0 Å². The van der Waals surface area contributed by atoms with E-state index in [4.69, 9.17) is 4.74 Å². The van der Waals surface area contributed by atoms with Gasteiger partial charge in [0.1, 0.15) is 10.6 Å². The number of benzene rings is 1. The van der Waals surface area contributed by atoms with Crippen molar-refractivity contribution >= 4 is 10.0 Å². The number of aryl methyl sites for hydroxylation is 1. The van der Waals surface area contributed by atoms with Crippen LogP contribution in [0.25, 0.3) is 0 Å². The molecule has 6 nitrogen and oxygen atoms in total. The first-order valence-electron chi connectivity index (χ1n) is 8.28. The molecule has 2 atom stereocenters. The van der Waals surface area contributed by atoms with Crippen LogP contribution in [0.15, 0.2) is 23.1 Å². The molecule has 0 amide bonds. The summed E-state index contributed by atoms with van der Waals surface area (Å²) in [4.78, 5) is 2.24. The SMILES string of the molecule is CCOc1ccc(C)cc1S(=O)(=O)N1C[C@@H](CN(C)C)[C@@H](CO)C1. The van der Waals surface area contributed by atoms with Gasteiger partial charge in [-0.1, -0.05) is 6.07 Å². The lowest BCUT2D eigenvalue weighted by molar-refractivity contribution is 0.185. The monoisotopic (exact) mass is 356 g/mol. The second kappa shape index (κ2) is 7.82. The van der Waals surface area contributed by atoms with E-state index in [9.17, 15) is 13.5 Å². The van der Waals surface area contributed by atoms with Crippen molar-refractivity contribution in [1.29, 1.82) is 0 Å². The molecule has 1 fully saturated rings. The zero-order valence-corrected chi connectivity index (χ0v) is 15.7. The molecule has 0 aliphatic carbocycles. The predicted molar refractivity (Wildman–Crippen MR) is 93.7 cm³/mol. The standard InChI is InChI=1S/C17H28N2O4S/c1-5-23-16-7-6-13(2)8-17(16)24(21,22)19-10-14(9-18(3)4)15(11-19)12-20/h6-8,14-15,20H,5,9-12H2,1-4H3/t14-,15-/m1/s1. The Labute approximate surface area is 145 Å². The Balaban J connectivity index is 2.32. The minimum absolute atomic E-state index is 0.00331. The Hall–Kier alpha value is -1.15. The number of sulfonamides is 1. The van der Waals surface area contributed by atoms with Gasteiger partial charge in [-0.05, 0) is 51.6 Å². The highest BCUT2D eigenvalue weighted by atomic mass is 32.2. The molecule has 7 heteroatoms. The van der Waals surface area contributed by atoms with Gasteiger partial charge in [0.25, 0.3) is 0 Å². The first kappa shape index (κ1) is 19.2. The molecule has 1 N–H and O–H groups in total. The number of hydrogen-bond acceptors (Lipinski definition) is 5. The Morgan fingerprint density at radius 2 is 1.96 bits per heavy atom. The molecule has 24 heavy (non-hydrogen) atoms. The minimum Gasteiger partial charge on any atom is -0.492 e. The predicted octanol–water partition coefficient (Wildman–Crippen LogP) is 1.18. The van der Waals surface area contributed by atoms with Crippen molar-refractivity contribution in [3.05, 3.63) is 23.8 Å². The van der Waals surface area contributed by atoms with Gasteiger partial charge in [0.2, 0.25) is 10.0 Å². The smallest absolute Gasteiger partial charge is 0.246 e. The second-order valence-corrected chi connectivity index (χ2v) is 8.58. The van der Waals surface area contributed by atoms with E-state index in [1.165, 1.54) is 4.31 Å². The molecular formula is C17H28N2O4S. The molecule has 1 heterocycles. The van der Waals surface area contributed by atoms with Gasteiger partial charge >= 0.3 is 0 Å². The summed E-state index contributed by atoms with van der Waals surface area (Å²) < 4.78 is 33.3. The van der Waals surface area contributed by atoms with Crippen molar-refractivity contribution in [2.45, 2.75) is 18.7 Å². The van der Waals surface area contributed by atoms with E-state index in [0.717, 1.165) is 12.1 Å². The highest BCUT2D eigenvalue weighted by Gasteiger charge is 2.40. The van der Waals surface area contributed by atoms with Gasteiger partial charge in [0.15, 0.2) is 0 Å². The molecule has 0 radical (unpaired) electrons. The van der Waals surface area contributed by atoms with Crippen LogP contribution in [0, 0.1) is 18.8 Å². The van der Waals surface area contributed by atoms with Crippen molar-refractivity contribution in [2.24, 2.45) is 11.8 Å². The fourth-order valence-corrected chi connectivity index (χ4v) is 4.98. The quantitative estimate of drug-likeness (QED) is 0.795. The number of nitrogens with zero attached hydrogens (tertiary/aromatic N) is 2. The van der Waals surface area contributed by atoms with Gasteiger partial charge in [-0.25, -0.2) is 8.42 Å². The molecule has 1 aromatic rings. The first-order valence-corrected chi connectivity index (χ1v) is 9.72. The average molecular weight is 356 g/mol. The largest absolute Gasteiger partial charge is 0.492 e. The third-order valence-electron chi connectivity index (χ3n) is 4.39. The molecule has 0 aromatic heterocycles. The molecule has 1 aromatic carbocycles. The summed E-state index contributed by atoms with van der Waals surface area (Å²) in [7, 11) is 0.268. The first-order chi connectivity index (χ1) is 11.3. The highest BCUT2D eigenvalue weighted by Crippen LogP contribution is 2.33. The Bertz CT molecular complexity index is 661. The fourth-order valence-electron chi connectivity index (χ4n) is 3.21. The summed E-state index contributed by atoms with van der Waals surface area (Å²) in [6.45, 7) is 5.63. The number of rotatable bonds is 7. The normalized spacial score (nSPS) is 22.2. The lowest BCUT2D eigenvalue weighted by Gasteiger charge is -2.20. The van der Waals surface area contributed by atoms with Crippen LogP contribution in [0.3, 0.4) is 0 Å². The van der Waals surface area contributed by atoms with Gasteiger partial charge in [-0.15, -0.1) is 0 Å². The van der Waals surface area contributed by atoms with Crippen molar-refractivity contribution in [3.63, 3.8) is 0 Å². The lowest BCUT2D eigenvalue weighted by atomic mass is 9.97. The average Bonchev–Trinajstić information content (AvgIpc) is 2.92. The van der Waals surface area contributed by atoms with Crippen LogP contribution in [-0.2, 0) is 10.0 Å². The van der Waals surface area contributed by atoms with E-state index >= 15 is 0 Å². The van der Waals surface area contributed by atoms with Crippen molar-refractivity contribution in [2.75, 3.05) is 46.9 Å². The van der Waals surface area contributed by atoms with E-state index in [1.54, 1.807) is 12.1 Å². The maximum absolute atomic E-state index is 13.1. The zero-order valence-electron chi connectivity index (χ0n) is 14.9. The number of hydrogen-bond donors (Lipinski definition) is 1. The van der Waals surface area contributed by atoms with Crippen LogP contribution in [0.5, 0.6) is 5.75 Å². The van der Waals surface area contributed by atoms with Gasteiger partial charge in [0, 0.05) is 32.2 Å². The third-order valence-corrected chi connectivity index (χ3v) is 6.25. The summed E-state index contributed by atoms with van der Waals surface area (Å²) in [5.74, 6) is 0.474. The van der Waals surface area contributed by atoms with E-state index in [1.807, 2.05) is 38.9 Å². The van der Waals surface area contributed by atoms with Crippen molar-refractivity contribution < 1.29 is 18.3 Å². The van der Waals surface area contributed by atoms with Crippen molar-refractivity contribution in [1.82, 2.24) is 9.21 Å².